The summed E-state index contributed by atoms with van der Waals surface area (Å²) in [5, 5.41) is 3.55. The predicted molar refractivity (Wildman–Crippen MR) is 73.5 cm³/mol. The van der Waals surface area contributed by atoms with Crippen molar-refractivity contribution < 1.29 is 9.47 Å². The molecule has 0 saturated heterocycles. The van der Waals surface area contributed by atoms with Gasteiger partial charge in [-0.15, -0.1) is 0 Å². The first kappa shape index (κ1) is 16.9. The lowest BCUT2D eigenvalue weighted by Crippen LogP contribution is -2.35. The molecule has 0 aromatic rings. The highest BCUT2D eigenvalue weighted by Crippen LogP contribution is 2.29. The van der Waals surface area contributed by atoms with E-state index in [2.05, 4.69) is 26.1 Å². The number of ether oxygens (including phenoxy) is 2. The second kappa shape index (κ2) is 11.0. The van der Waals surface area contributed by atoms with Crippen molar-refractivity contribution >= 4 is 0 Å². The highest BCUT2D eigenvalue weighted by atomic mass is 16.5. The number of nitrogens with one attached hydrogen (secondary N) is 1. The Morgan fingerprint density at radius 1 is 1.00 bits per heavy atom. The molecular formula is C14H31NO2. The third-order valence-corrected chi connectivity index (χ3v) is 3.64. The van der Waals surface area contributed by atoms with Crippen molar-refractivity contribution in [3.63, 3.8) is 0 Å². The zero-order valence-corrected chi connectivity index (χ0v) is 12.2. The van der Waals surface area contributed by atoms with Crippen LogP contribution in [0.15, 0.2) is 0 Å². The quantitative estimate of drug-likeness (QED) is 0.536. The molecule has 0 fully saturated rings. The molecule has 0 aliphatic carbocycles. The van der Waals surface area contributed by atoms with E-state index in [1.165, 1.54) is 19.3 Å². The number of rotatable bonds is 12. The summed E-state index contributed by atoms with van der Waals surface area (Å²) < 4.78 is 10.6. The lowest BCUT2D eigenvalue weighted by atomic mass is 9.79. The average molecular weight is 245 g/mol. The van der Waals surface area contributed by atoms with Crippen molar-refractivity contribution in [3.8, 4) is 0 Å². The molecule has 0 bridgehead atoms. The molecule has 104 valence electrons. The van der Waals surface area contributed by atoms with E-state index in [1.54, 1.807) is 7.11 Å². The summed E-state index contributed by atoms with van der Waals surface area (Å²) in [6, 6.07) is 0. The summed E-state index contributed by atoms with van der Waals surface area (Å²) in [5.74, 6) is 0. The fourth-order valence-electron chi connectivity index (χ4n) is 2.01. The van der Waals surface area contributed by atoms with Crippen molar-refractivity contribution in [3.05, 3.63) is 0 Å². The molecule has 0 saturated carbocycles. The Labute approximate surface area is 107 Å². The Balaban J connectivity index is 3.85. The minimum absolute atomic E-state index is 0.405. The highest BCUT2D eigenvalue weighted by molar-refractivity contribution is 4.79. The molecule has 0 heterocycles. The molecule has 0 aliphatic rings. The van der Waals surface area contributed by atoms with Gasteiger partial charge in [-0.2, -0.15) is 0 Å². The zero-order valence-electron chi connectivity index (χ0n) is 12.2. The van der Waals surface area contributed by atoms with Gasteiger partial charge in [-0.3, -0.25) is 0 Å². The lowest BCUT2D eigenvalue weighted by Gasteiger charge is -2.32. The summed E-state index contributed by atoms with van der Waals surface area (Å²) in [6.07, 6.45) is 4.77. The SMILES string of the molecule is CCCNCC(CC)(CC)CCOCCOC. The van der Waals surface area contributed by atoms with Crippen LogP contribution in [-0.2, 0) is 9.47 Å². The van der Waals surface area contributed by atoms with Gasteiger partial charge < -0.3 is 14.8 Å². The summed E-state index contributed by atoms with van der Waals surface area (Å²) in [6.45, 7) is 11.3. The normalized spacial score (nSPS) is 12.0. The first-order valence-corrected chi connectivity index (χ1v) is 7.02. The maximum atomic E-state index is 5.59. The van der Waals surface area contributed by atoms with Crippen molar-refractivity contribution in [1.82, 2.24) is 5.32 Å². The molecule has 17 heavy (non-hydrogen) atoms. The molecule has 0 rings (SSSR count). The Kier molecular flexibility index (Phi) is 10.9. The fraction of sp³-hybridized carbons (Fsp3) is 1.00. The number of hydrogen-bond acceptors (Lipinski definition) is 3. The van der Waals surface area contributed by atoms with Gasteiger partial charge in [0, 0.05) is 20.3 Å². The molecule has 0 amide bonds. The first-order valence-electron chi connectivity index (χ1n) is 7.02. The van der Waals surface area contributed by atoms with Crippen molar-refractivity contribution in [2.75, 3.05) is 40.0 Å². The number of methoxy groups -OCH3 is 1. The van der Waals surface area contributed by atoms with Crippen LogP contribution in [0.3, 0.4) is 0 Å². The van der Waals surface area contributed by atoms with Crippen LogP contribution in [0.1, 0.15) is 46.5 Å². The van der Waals surface area contributed by atoms with E-state index in [0.717, 1.165) is 26.1 Å². The van der Waals surface area contributed by atoms with Gasteiger partial charge in [-0.25, -0.2) is 0 Å². The fourth-order valence-corrected chi connectivity index (χ4v) is 2.01. The van der Waals surface area contributed by atoms with Gasteiger partial charge in [0.25, 0.3) is 0 Å². The van der Waals surface area contributed by atoms with Crippen LogP contribution in [0.25, 0.3) is 0 Å². The van der Waals surface area contributed by atoms with Gasteiger partial charge in [-0.1, -0.05) is 20.8 Å². The summed E-state index contributed by atoms with van der Waals surface area (Å²) >= 11 is 0. The maximum absolute atomic E-state index is 5.59. The molecule has 0 aromatic carbocycles. The molecule has 0 unspecified atom stereocenters. The van der Waals surface area contributed by atoms with Gasteiger partial charge in [0.05, 0.1) is 13.2 Å². The second-order valence-electron chi connectivity index (χ2n) is 4.74. The Bertz CT molecular complexity index is 158. The molecular weight excluding hydrogens is 214 g/mol. The number of hydrogen-bond donors (Lipinski definition) is 1. The molecule has 0 aromatic heterocycles. The molecule has 0 spiro atoms. The second-order valence-corrected chi connectivity index (χ2v) is 4.74. The van der Waals surface area contributed by atoms with Crippen LogP contribution in [0, 0.1) is 5.41 Å². The van der Waals surface area contributed by atoms with E-state index in [9.17, 15) is 0 Å². The minimum Gasteiger partial charge on any atom is -0.382 e. The summed E-state index contributed by atoms with van der Waals surface area (Å²) in [7, 11) is 1.71. The van der Waals surface area contributed by atoms with Crippen molar-refractivity contribution in [2.24, 2.45) is 5.41 Å². The first-order chi connectivity index (χ1) is 8.24. The van der Waals surface area contributed by atoms with Crippen molar-refractivity contribution in [2.45, 2.75) is 46.5 Å². The van der Waals surface area contributed by atoms with Gasteiger partial charge in [0.1, 0.15) is 0 Å². The maximum Gasteiger partial charge on any atom is 0.0700 e. The van der Waals surface area contributed by atoms with E-state index in [1.807, 2.05) is 0 Å². The largest absolute Gasteiger partial charge is 0.382 e. The van der Waals surface area contributed by atoms with Crippen LogP contribution in [-0.4, -0.2) is 40.0 Å². The van der Waals surface area contributed by atoms with Crippen LogP contribution < -0.4 is 5.32 Å². The third kappa shape index (κ3) is 7.74. The molecule has 0 radical (unpaired) electrons. The minimum atomic E-state index is 0.405. The predicted octanol–water partition coefficient (Wildman–Crippen LogP) is 2.85. The highest BCUT2D eigenvalue weighted by Gasteiger charge is 2.25. The van der Waals surface area contributed by atoms with Crippen LogP contribution in [0.5, 0.6) is 0 Å². The molecule has 0 atom stereocenters. The van der Waals surface area contributed by atoms with E-state index in [-0.39, 0.29) is 0 Å². The van der Waals surface area contributed by atoms with Gasteiger partial charge >= 0.3 is 0 Å². The van der Waals surface area contributed by atoms with Crippen LogP contribution >= 0.6 is 0 Å². The van der Waals surface area contributed by atoms with Crippen LogP contribution in [0.4, 0.5) is 0 Å². The Morgan fingerprint density at radius 2 is 1.71 bits per heavy atom. The Hall–Kier alpha value is -0.120. The molecule has 0 aliphatic heterocycles. The smallest absolute Gasteiger partial charge is 0.0700 e. The monoisotopic (exact) mass is 245 g/mol. The lowest BCUT2D eigenvalue weighted by molar-refractivity contribution is 0.0486. The molecule has 1 N–H and O–H groups in total. The molecule has 3 nitrogen and oxygen atoms in total. The van der Waals surface area contributed by atoms with Gasteiger partial charge in [-0.05, 0) is 37.6 Å². The third-order valence-electron chi connectivity index (χ3n) is 3.64. The van der Waals surface area contributed by atoms with Crippen molar-refractivity contribution in [1.29, 1.82) is 0 Å². The topological polar surface area (TPSA) is 30.5 Å². The zero-order chi connectivity index (χ0) is 13.0. The standard InChI is InChI=1S/C14H31NO2/c1-5-9-15-13-14(6-2,7-3)8-10-17-12-11-16-4/h15H,5-13H2,1-4H3. The summed E-state index contributed by atoms with van der Waals surface area (Å²) in [5.41, 5.74) is 0.405. The van der Waals surface area contributed by atoms with Crippen LogP contribution in [0.2, 0.25) is 0 Å². The average Bonchev–Trinajstić information content (AvgIpc) is 2.37. The van der Waals surface area contributed by atoms with Gasteiger partial charge in [0.2, 0.25) is 0 Å². The van der Waals surface area contributed by atoms with Gasteiger partial charge in [0.15, 0.2) is 0 Å². The van der Waals surface area contributed by atoms with E-state index < -0.39 is 0 Å². The molecule has 3 heteroatoms. The summed E-state index contributed by atoms with van der Waals surface area (Å²) in [4.78, 5) is 0. The van der Waals surface area contributed by atoms with E-state index in [0.29, 0.717) is 18.6 Å². The van der Waals surface area contributed by atoms with E-state index in [4.69, 9.17) is 9.47 Å². The van der Waals surface area contributed by atoms with E-state index >= 15 is 0 Å². The Morgan fingerprint density at radius 3 is 2.24 bits per heavy atom.